The van der Waals surface area contributed by atoms with Crippen LogP contribution in [0.3, 0.4) is 0 Å². The molecule has 108 valence electrons. The van der Waals surface area contributed by atoms with Crippen LogP contribution in [0.25, 0.3) is 0 Å². The van der Waals surface area contributed by atoms with Crippen LogP contribution >= 0.6 is 0 Å². The number of amides is 2. The maximum atomic E-state index is 12.0. The van der Waals surface area contributed by atoms with Gasteiger partial charge in [-0.2, -0.15) is 0 Å². The maximum Gasteiger partial charge on any atom is 0.246 e. The van der Waals surface area contributed by atoms with E-state index in [-0.39, 0.29) is 29.8 Å². The molecule has 4 heteroatoms. The van der Waals surface area contributed by atoms with Gasteiger partial charge in [0.25, 0.3) is 0 Å². The van der Waals surface area contributed by atoms with Crippen LogP contribution in [0.2, 0.25) is 0 Å². The fourth-order valence-corrected chi connectivity index (χ4v) is 2.24. The molecular formula is C16H22N2O2. The molecule has 1 unspecified atom stereocenters. The molecule has 1 aromatic carbocycles. The molecule has 4 nitrogen and oxygen atoms in total. The van der Waals surface area contributed by atoms with Crippen LogP contribution in [0.15, 0.2) is 24.3 Å². The van der Waals surface area contributed by atoms with Crippen molar-refractivity contribution >= 4 is 11.8 Å². The number of nitrogens with one attached hydrogen (secondary N) is 1. The molecule has 1 aliphatic heterocycles. The lowest BCUT2D eigenvalue weighted by Gasteiger charge is -2.30. The zero-order valence-electron chi connectivity index (χ0n) is 12.6. The summed E-state index contributed by atoms with van der Waals surface area (Å²) in [5.41, 5.74) is 2.33. The van der Waals surface area contributed by atoms with E-state index in [1.807, 2.05) is 12.1 Å². The van der Waals surface area contributed by atoms with E-state index in [1.54, 1.807) is 6.92 Å². The molecular weight excluding hydrogens is 252 g/mol. The van der Waals surface area contributed by atoms with Crippen molar-refractivity contribution in [3.63, 3.8) is 0 Å². The topological polar surface area (TPSA) is 49.4 Å². The Balaban J connectivity index is 2.13. The predicted molar refractivity (Wildman–Crippen MR) is 78.2 cm³/mol. The summed E-state index contributed by atoms with van der Waals surface area (Å²) in [6.45, 7) is 8.85. The van der Waals surface area contributed by atoms with Gasteiger partial charge in [0.15, 0.2) is 0 Å². The number of piperazine rings is 1. The third kappa shape index (κ3) is 3.07. The molecule has 1 aliphatic rings. The normalized spacial score (nSPS) is 20.4. The molecule has 0 aromatic heterocycles. The van der Waals surface area contributed by atoms with E-state index in [0.717, 1.165) is 5.56 Å². The lowest BCUT2D eigenvalue weighted by atomic mass is 9.87. The summed E-state index contributed by atoms with van der Waals surface area (Å²) < 4.78 is 0. The molecule has 1 saturated heterocycles. The van der Waals surface area contributed by atoms with Gasteiger partial charge in [-0.05, 0) is 23.5 Å². The van der Waals surface area contributed by atoms with E-state index in [1.165, 1.54) is 10.5 Å². The Labute approximate surface area is 120 Å². The van der Waals surface area contributed by atoms with Gasteiger partial charge in [0.05, 0.1) is 19.1 Å². The summed E-state index contributed by atoms with van der Waals surface area (Å²) in [5.74, 6) is -0.311. The SMILES string of the molecule is CC1NCC(=O)N(Cc2ccc(C(C)(C)C)cc2)C1=O. The van der Waals surface area contributed by atoms with Gasteiger partial charge in [0.2, 0.25) is 11.8 Å². The predicted octanol–water partition coefficient (Wildman–Crippen LogP) is 1.83. The number of carbonyl (C=O) groups excluding carboxylic acids is 2. The molecule has 1 N–H and O–H groups in total. The number of benzene rings is 1. The van der Waals surface area contributed by atoms with E-state index in [0.29, 0.717) is 6.54 Å². The molecule has 20 heavy (non-hydrogen) atoms. The van der Waals surface area contributed by atoms with Gasteiger partial charge < -0.3 is 0 Å². The number of hydrogen-bond acceptors (Lipinski definition) is 3. The maximum absolute atomic E-state index is 12.0. The number of nitrogens with zero attached hydrogens (tertiary/aromatic N) is 1. The molecule has 0 aliphatic carbocycles. The fourth-order valence-electron chi connectivity index (χ4n) is 2.24. The summed E-state index contributed by atoms with van der Waals surface area (Å²) >= 11 is 0. The van der Waals surface area contributed by atoms with Crippen LogP contribution in [0.4, 0.5) is 0 Å². The van der Waals surface area contributed by atoms with Gasteiger partial charge in [-0.25, -0.2) is 0 Å². The second-order valence-electron chi connectivity index (χ2n) is 6.37. The Bertz CT molecular complexity index is 514. The van der Waals surface area contributed by atoms with Gasteiger partial charge in [-0.1, -0.05) is 45.0 Å². The number of carbonyl (C=O) groups is 2. The van der Waals surface area contributed by atoms with Gasteiger partial charge >= 0.3 is 0 Å². The second kappa shape index (κ2) is 5.37. The molecule has 0 spiro atoms. The highest BCUT2D eigenvalue weighted by molar-refractivity contribution is 6.00. The third-order valence-electron chi connectivity index (χ3n) is 3.66. The molecule has 0 bridgehead atoms. The first kappa shape index (κ1) is 14.7. The van der Waals surface area contributed by atoms with Crippen LogP contribution in [0.1, 0.15) is 38.8 Å². The Kier molecular flexibility index (Phi) is 3.95. The van der Waals surface area contributed by atoms with Crippen LogP contribution in [-0.2, 0) is 21.5 Å². The standard InChI is InChI=1S/C16H22N2O2/c1-11-15(20)18(14(19)9-17-11)10-12-5-7-13(8-6-12)16(2,3)4/h5-8,11,17H,9-10H2,1-4H3. The quantitative estimate of drug-likeness (QED) is 0.837. The van der Waals surface area contributed by atoms with Crippen LogP contribution < -0.4 is 5.32 Å². The lowest BCUT2D eigenvalue weighted by molar-refractivity contribution is -0.149. The molecule has 1 fully saturated rings. The van der Waals surface area contributed by atoms with E-state index >= 15 is 0 Å². The van der Waals surface area contributed by atoms with Crippen molar-refractivity contribution in [3.8, 4) is 0 Å². The summed E-state index contributed by atoms with van der Waals surface area (Å²) in [5, 5.41) is 2.89. The van der Waals surface area contributed by atoms with Crippen molar-refractivity contribution in [1.82, 2.24) is 10.2 Å². The van der Waals surface area contributed by atoms with Crippen molar-refractivity contribution in [2.45, 2.75) is 45.7 Å². The Morgan fingerprint density at radius 2 is 1.80 bits per heavy atom. The van der Waals surface area contributed by atoms with Gasteiger partial charge in [-0.15, -0.1) is 0 Å². The molecule has 1 atom stereocenters. The van der Waals surface area contributed by atoms with Crippen LogP contribution in [0.5, 0.6) is 0 Å². The highest BCUT2D eigenvalue weighted by atomic mass is 16.2. The zero-order valence-corrected chi connectivity index (χ0v) is 12.6. The van der Waals surface area contributed by atoms with E-state index in [9.17, 15) is 9.59 Å². The summed E-state index contributed by atoms with van der Waals surface area (Å²) in [6.07, 6.45) is 0. The van der Waals surface area contributed by atoms with Crippen molar-refractivity contribution in [3.05, 3.63) is 35.4 Å². The number of imide groups is 1. The average molecular weight is 274 g/mol. The fraction of sp³-hybridized carbons (Fsp3) is 0.500. The van der Waals surface area contributed by atoms with E-state index < -0.39 is 0 Å². The van der Waals surface area contributed by atoms with Crippen LogP contribution in [0, 0.1) is 0 Å². The molecule has 2 amide bonds. The minimum absolute atomic E-state index is 0.105. The van der Waals surface area contributed by atoms with Crippen molar-refractivity contribution in [2.75, 3.05) is 6.54 Å². The molecule has 0 radical (unpaired) electrons. The van der Waals surface area contributed by atoms with E-state index in [2.05, 4.69) is 38.2 Å². The molecule has 2 rings (SSSR count). The highest BCUT2D eigenvalue weighted by Gasteiger charge is 2.31. The second-order valence-corrected chi connectivity index (χ2v) is 6.37. The van der Waals surface area contributed by atoms with Crippen LogP contribution in [-0.4, -0.2) is 29.3 Å². The minimum Gasteiger partial charge on any atom is -0.298 e. The van der Waals surface area contributed by atoms with Crippen molar-refractivity contribution in [1.29, 1.82) is 0 Å². The number of rotatable bonds is 2. The smallest absolute Gasteiger partial charge is 0.246 e. The Morgan fingerprint density at radius 1 is 1.20 bits per heavy atom. The van der Waals surface area contributed by atoms with Gasteiger partial charge in [0.1, 0.15) is 0 Å². The zero-order chi connectivity index (χ0) is 14.9. The first-order chi connectivity index (χ1) is 9.29. The molecule has 1 heterocycles. The van der Waals surface area contributed by atoms with Crippen molar-refractivity contribution in [2.24, 2.45) is 0 Å². The lowest BCUT2D eigenvalue weighted by Crippen LogP contribution is -2.56. The van der Waals surface area contributed by atoms with Gasteiger partial charge in [0, 0.05) is 0 Å². The van der Waals surface area contributed by atoms with Gasteiger partial charge in [-0.3, -0.25) is 19.8 Å². The third-order valence-corrected chi connectivity index (χ3v) is 3.66. The largest absolute Gasteiger partial charge is 0.298 e. The summed E-state index contributed by atoms with van der Waals surface area (Å²) in [6, 6.07) is 7.83. The van der Waals surface area contributed by atoms with E-state index in [4.69, 9.17) is 0 Å². The monoisotopic (exact) mass is 274 g/mol. The highest BCUT2D eigenvalue weighted by Crippen LogP contribution is 2.22. The first-order valence-electron chi connectivity index (χ1n) is 6.96. The summed E-state index contributed by atoms with van der Waals surface area (Å²) in [4.78, 5) is 25.2. The minimum atomic E-state index is -0.290. The van der Waals surface area contributed by atoms with Crippen molar-refractivity contribution < 1.29 is 9.59 Å². The average Bonchev–Trinajstić information content (AvgIpc) is 2.39. The first-order valence-corrected chi connectivity index (χ1v) is 6.96. The Hall–Kier alpha value is -1.68. The molecule has 1 aromatic rings. The Morgan fingerprint density at radius 3 is 2.35 bits per heavy atom. The molecule has 0 saturated carbocycles. The summed E-state index contributed by atoms with van der Waals surface area (Å²) in [7, 11) is 0. The number of hydrogen-bond donors (Lipinski definition) is 1.